The molecule has 0 unspecified atom stereocenters. The van der Waals surface area contributed by atoms with Crippen LogP contribution in [0.3, 0.4) is 0 Å². The third-order valence-electron chi connectivity index (χ3n) is 1.77. The second kappa shape index (κ2) is 4.70. The van der Waals surface area contributed by atoms with Crippen molar-refractivity contribution in [3.05, 3.63) is 29.6 Å². The maximum atomic E-state index is 11.8. The molecule has 0 aliphatic heterocycles. The summed E-state index contributed by atoms with van der Waals surface area (Å²) in [4.78, 5) is 15.3. The maximum Gasteiger partial charge on any atom is 0.164 e. The first-order chi connectivity index (χ1) is 6.24. The lowest BCUT2D eigenvalue weighted by Crippen LogP contribution is -2.00. The van der Waals surface area contributed by atoms with Crippen LogP contribution in [0.25, 0.3) is 0 Å². The summed E-state index contributed by atoms with van der Waals surface area (Å²) in [5.41, 5.74) is 1.45. The molecule has 0 bridgehead atoms. The molecule has 0 N–H and O–H groups in total. The summed E-state index contributed by atoms with van der Waals surface area (Å²) >= 11 is 0. The van der Waals surface area contributed by atoms with Crippen molar-refractivity contribution in [3.8, 4) is 0 Å². The molecule has 70 valence electrons. The summed E-state index contributed by atoms with van der Waals surface area (Å²) < 4.78 is 11.8. The van der Waals surface area contributed by atoms with Crippen LogP contribution in [0.5, 0.6) is 0 Å². The number of nitrogens with zero attached hydrogens (tertiary/aromatic N) is 1. The number of alkyl halides is 1. The van der Waals surface area contributed by atoms with Crippen molar-refractivity contribution in [1.29, 1.82) is 0 Å². The van der Waals surface area contributed by atoms with Crippen LogP contribution in [0.1, 0.15) is 28.9 Å². The summed E-state index contributed by atoms with van der Waals surface area (Å²) in [5, 5.41) is 0. The molecule has 1 heterocycles. The molecule has 1 aromatic heterocycles. The normalized spacial score (nSPS) is 10.0. The Morgan fingerprint density at radius 1 is 1.54 bits per heavy atom. The summed E-state index contributed by atoms with van der Waals surface area (Å²) in [6.45, 7) is 1.42. The Morgan fingerprint density at radius 2 is 2.31 bits per heavy atom. The number of hydrogen-bond donors (Lipinski definition) is 0. The summed E-state index contributed by atoms with van der Waals surface area (Å²) in [5.74, 6) is -0.0369. The van der Waals surface area contributed by atoms with E-state index in [1.807, 2.05) is 6.92 Å². The molecule has 2 nitrogen and oxygen atoms in total. The van der Waals surface area contributed by atoms with Gasteiger partial charge < -0.3 is 0 Å². The number of pyridine rings is 1. The summed E-state index contributed by atoms with van der Waals surface area (Å²) in [6.07, 6.45) is 2.10. The molecule has 0 aliphatic carbocycles. The van der Waals surface area contributed by atoms with E-state index in [0.717, 1.165) is 5.69 Å². The number of ketones is 1. The minimum absolute atomic E-state index is 0.0369. The van der Waals surface area contributed by atoms with Crippen LogP contribution in [0.4, 0.5) is 4.39 Å². The predicted molar refractivity (Wildman–Crippen MR) is 48.5 cm³/mol. The van der Waals surface area contributed by atoms with Crippen molar-refractivity contribution in [2.75, 3.05) is 6.67 Å². The standard InChI is InChI=1S/C10H12FNO/c1-8-4-5-9(7-12-8)10(13)3-2-6-11/h4-5,7H,2-3,6H2,1H3. The van der Waals surface area contributed by atoms with Gasteiger partial charge >= 0.3 is 0 Å². The molecule has 0 amide bonds. The number of aryl methyl sites for hydroxylation is 1. The highest BCUT2D eigenvalue weighted by molar-refractivity contribution is 5.95. The zero-order valence-electron chi connectivity index (χ0n) is 7.59. The molecule has 0 saturated heterocycles. The Hall–Kier alpha value is -1.25. The third-order valence-corrected chi connectivity index (χ3v) is 1.77. The monoisotopic (exact) mass is 181 g/mol. The minimum atomic E-state index is -0.439. The van der Waals surface area contributed by atoms with Gasteiger partial charge in [0.05, 0.1) is 6.67 Å². The van der Waals surface area contributed by atoms with E-state index in [2.05, 4.69) is 4.98 Å². The summed E-state index contributed by atoms with van der Waals surface area (Å²) in [6, 6.07) is 3.51. The lowest BCUT2D eigenvalue weighted by atomic mass is 10.1. The van der Waals surface area contributed by atoms with E-state index in [-0.39, 0.29) is 12.2 Å². The first-order valence-electron chi connectivity index (χ1n) is 4.26. The maximum absolute atomic E-state index is 11.8. The highest BCUT2D eigenvalue weighted by atomic mass is 19.1. The number of Topliss-reactive ketones (excluding diaryl/α,β-unsaturated/α-hetero) is 1. The van der Waals surface area contributed by atoms with Gasteiger partial charge in [-0.15, -0.1) is 0 Å². The minimum Gasteiger partial charge on any atom is -0.294 e. The van der Waals surface area contributed by atoms with E-state index in [4.69, 9.17) is 0 Å². The van der Waals surface area contributed by atoms with Gasteiger partial charge in [-0.25, -0.2) is 0 Å². The van der Waals surface area contributed by atoms with Crippen LogP contribution in [0.15, 0.2) is 18.3 Å². The van der Waals surface area contributed by atoms with Gasteiger partial charge in [-0.2, -0.15) is 0 Å². The van der Waals surface area contributed by atoms with E-state index in [0.29, 0.717) is 12.0 Å². The van der Waals surface area contributed by atoms with Crippen molar-refractivity contribution in [1.82, 2.24) is 4.98 Å². The van der Waals surface area contributed by atoms with Gasteiger partial charge in [0.2, 0.25) is 0 Å². The lowest BCUT2D eigenvalue weighted by molar-refractivity contribution is 0.0977. The molecular weight excluding hydrogens is 169 g/mol. The van der Waals surface area contributed by atoms with Gasteiger partial charge in [0, 0.05) is 23.9 Å². The molecule has 0 spiro atoms. The molecule has 0 atom stereocenters. The Kier molecular flexibility index (Phi) is 3.55. The van der Waals surface area contributed by atoms with Gasteiger partial charge in [0.15, 0.2) is 5.78 Å². The second-order valence-corrected chi connectivity index (χ2v) is 2.90. The van der Waals surface area contributed by atoms with Gasteiger partial charge in [-0.05, 0) is 25.5 Å². The zero-order valence-corrected chi connectivity index (χ0v) is 7.59. The largest absolute Gasteiger partial charge is 0.294 e. The van der Waals surface area contributed by atoms with E-state index in [1.165, 1.54) is 6.20 Å². The van der Waals surface area contributed by atoms with Crippen molar-refractivity contribution >= 4 is 5.78 Å². The van der Waals surface area contributed by atoms with Crippen LogP contribution in [0, 0.1) is 6.92 Å². The molecule has 3 heteroatoms. The predicted octanol–water partition coefficient (Wildman–Crippen LogP) is 2.32. The highest BCUT2D eigenvalue weighted by Gasteiger charge is 2.04. The van der Waals surface area contributed by atoms with Crippen molar-refractivity contribution in [2.45, 2.75) is 19.8 Å². The SMILES string of the molecule is Cc1ccc(C(=O)CCCF)cn1. The van der Waals surface area contributed by atoms with E-state index < -0.39 is 6.67 Å². The second-order valence-electron chi connectivity index (χ2n) is 2.90. The molecule has 0 fully saturated rings. The molecule has 0 aliphatic rings. The van der Waals surface area contributed by atoms with Gasteiger partial charge in [0.25, 0.3) is 0 Å². The Balaban J connectivity index is 2.61. The number of aromatic nitrogens is 1. The number of carbonyl (C=O) groups excluding carboxylic acids is 1. The molecule has 0 saturated carbocycles. The molecule has 0 aromatic carbocycles. The van der Waals surface area contributed by atoms with Gasteiger partial charge in [-0.1, -0.05) is 0 Å². The van der Waals surface area contributed by atoms with Crippen molar-refractivity contribution < 1.29 is 9.18 Å². The van der Waals surface area contributed by atoms with Crippen molar-refractivity contribution in [3.63, 3.8) is 0 Å². The average molecular weight is 181 g/mol. The molecule has 0 radical (unpaired) electrons. The number of hydrogen-bond acceptors (Lipinski definition) is 2. The van der Waals surface area contributed by atoms with Crippen LogP contribution < -0.4 is 0 Å². The Labute approximate surface area is 76.8 Å². The lowest BCUT2D eigenvalue weighted by Gasteiger charge is -1.98. The molecule has 13 heavy (non-hydrogen) atoms. The van der Waals surface area contributed by atoms with E-state index in [1.54, 1.807) is 12.1 Å². The first kappa shape index (κ1) is 9.84. The van der Waals surface area contributed by atoms with Gasteiger partial charge in [-0.3, -0.25) is 14.2 Å². The smallest absolute Gasteiger partial charge is 0.164 e. The number of halogens is 1. The molecule has 1 rings (SSSR count). The zero-order chi connectivity index (χ0) is 9.68. The molecular formula is C10H12FNO. The fraction of sp³-hybridized carbons (Fsp3) is 0.400. The third kappa shape index (κ3) is 2.93. The fourth-order valence-corrected chi connectivity index (χ4v) is 1.00. The summed E-state index contributed by atoms with van der Waals surface area (Å²) in [7, 11) is 0. The number of rotatable bonds is 4. The molecule has 1 aromatic rings. The van der Waals surface area contributed by atoms with Crippen LogP contribution in [-0.2, 0) is 0 Å². The highest BCUT2D eigenvalue weighted by Crippen LogP contribution is 2.05. The number of carbonyl (C=O) groups is 1. The van der Waals surface area contributed by atoms with E-state index >= 15 is 0 Å². The van der Waals surface area contributed by atoms with E-state index in [9.17, 15) is 9.18 Å². The van der Waals surface area contributed by atoms with Crippen LogP contribution in [-0.4, -0.2) is 17.4 Å². The Bertz CT molecular complexity index is 281. The van der Waals surface area contributed by atoms with Crippen LogP contribution in [0.2, 0.25) is 0 Å². The van der Waals surface area contributed by atoms with Crippen molar-refractivity contribution in [2.24, 2.45) is 0 Å². The topological polar surface area (TPSA) is 30.0 Å². The average Bonchev–Trinajstić information content (AvgIpc) is 2.15. The fourth-order valence-electron chi connectivity index (χ4n) is 1.00. The first-order valence-corrected chi connectivity index (χ1v) is 4.26. The van der Waals surface area contributed by atoms with Crippen LogP contribution >= 0.6 is 0 Å². The Morgan fingerprint density at radius 3 is 2.85 bits per heavy atom. The van der Waals surface area contributed by atoms with Gasteiger partial charge in [0.1, 0.15) is 0 Å². The quantitative estimate of drug-likeness (QED) is 0.667.